The zero-order valence-electron chi connectivity index (χ0n) is 11.7. The van der Waals surface area contributed by atoms with Crippen LogP contribution in [0.3, 0.4) is 0 Å². The number of aromatic amines is 1. The Hall–Kier alpha value is -2.22. The largest absolute Gasteiger partial charge is 0.493 e. The summed E-state index contributed by atoms with van der Waals surface area (Å²) in [5, 5.41) is 3.02. The van der Waals surface area contributed by atoms with Gasteiger partial charge in [0.15, 0.2) is 17.3 Å². The fourth-order valence-electron chi connectivity index (χ4n) is 1.76. The number of nitrogens with one attached hydrogen (secondary N) is 2. The second-order valence-electron chi connectivity index (χ2n) is 3.93. The molecule has 0 aliphatic carbocycles. The van der Waals surface area contributed by atoms with Gasteiger partial charge in [-0.25, -0.2) is 4.98 Å². The molecule has 0 amide bonds. The highest BCUT2D eigenvalue weighted by molar-refractivity contribution is 9.10. The highest BCUT2D eigenvalue weighted by atomic mass is 79.9. The van der Waals surface area contributed by atoms with E-state index in [-0.39, 0.29) is 5.56 Å². The molecule has 0 saturated carbocycles. The summed E-state index contributed by atoms with van der Waals surface area (Å²) < 4.78 is 16.1. The molecule has 1 aromatic carbocycles. The van der Waals surface area contributed by atoms with Gasteiger partial charge in [-0.3, -0.25) is 4.79 Å². The van der Waals surface area contributed by atoms with E-state index in [1.807, 2.05) is 0 Å². The number of H-pyrrole nitrogens is 1. The first-order valence-electron chi connectivity index (χ1n) is 5.91. The lowest BCUT2D eigenvalue weighted by Gasteiger charge is -2.15. The predicted octanol–water partition coefficient (Wildman–Crippen LogP) is 2.30. The molecule has 7 nitrogen and oxygen atoms in total. The van der Waals surface area contributed by atoms with Crippen molar-refractivity contribution in [3.8, 4) is 17.2 Å². The van der Waals surface area contributed by atoms with Crippen LogP contribution in [-0.2, 0) is 0 Å². The van der Waals surface area contributed by atoms with Crippen LogP contribution < -0.4 is 25.1 Å². The van der Waals surface area contributed by atoms with Gasteiger partial charge in [-0.1, -0.05) is 0 Å². The van der Waals surface area contributed by atoms with Gasteiger partial charge >= 0.3 is 0 Å². The SMILES string of the molecule is COc1cc(Nc2nc[nH]c(=O)c2Br)cc(OC)c1OC. The number of ether oxygens (including phenoxy) is 3. The summed E-state index contributed by atoms with van der Waals surface area (Å²) in [5.74, 6) is 1.87. The van der Waals surface area contributed by atoms with Gasteiger partial charge in [-0.15, -0.1) is 0 Å². The molecule has 0 aliphatic rings. The van der Waals surface area contributed by atoms with Crippen LogP contribution in [0.5, 0.6) is 17.2 Å². The highest BCUT2D eigenvalue weighted by Crippen LogP contribution is 2.40. The number of aromatic nitrogens is 2. The predicted molar refractivity (Wildman–Crippen MR) is 81.9 cm³/mol. The summed E-state index contributed by atoms with van der Waals surface area (Å²) in [6.07, 6.45) is 1.31. The molecule has 0 radical (unpaired) electrons. The zero-order valence-corrected chi connectivity index (χ0v) is 13.3. The molecule has 0 bridgehead atoms. The average Bonchev–Trinajstić information content (AvgIpc) is 2.50. The van der Waals surface area contributed by atoms with Gasteiger partial charge in [0.05, 0.1) is 27.7 Å². The number of hydrogen-bond acceptors (Lipinski definition) is 6. The van der Waals surface area contributed by atoms with Crippen molar-refractivity contribution < 1.29 is 14.2 Å². The lowest BCUT2D eigenvalue weighted by atomic mass is 10.2. The maximum Gasteiger partial charge on any atom is 0.267 e. The topological polar surface area (TPSA) is 85.5 Å². The smallest absolute Gasteiger partial charge is 0.267 e. The van der Waals surface area contributed by atoms with Crippen LogP contribution in [0.15, 0.2) is 27.7 Å². The van der Waals surface area contributed by atoms with Crippen molar-refractivity contribution in [3.63, 3.8) is 0 Å². The lowest BCUT2D eigenvalue weighted by Crippen LogP contribution is -2.10. The third-order valence-electron chi connectivity index (χ3n) is 2.72. The molecule has 0 fully saturated rings. The summed E-state index contributed by atoms with van der Waals surface area (Å²) in [5.41, 5.74) is 0.364. The molecule has 2 N–H and O–H groups in total. The fraction of sp³-hybridized carbons (Fsp3) is 0.231. The van der Waals surface area contributed by atoms with Crippen molar-refractivity contribution in [1.29, 1.82) is 0 Å². The van der Waals surface area contributed by atoms with Gasteiger partial charge < -0.3 is 24.5 Å². The van der Waals surface area contributed by atoms with Gasteiger partial charge in [0.2, 0.25) is 5.75 Å². The third-order valence-corrected chi connectivity index (χ3v) is 3.46. The lowest BCUT2D eigenvalue weighted by molar-refractivity contribution is 0.324. The van der Waals surface area contributed by atoms with E-state index in [0.717, 1.165) is 0 Å². The fourth-order valence-corrected chi connectivity index (χ4v) is 2.08. The summed E-state index contributed by atoms with van der Waals surface area (Å²) >= 11 is 3.18. The molecule has 0 unspecified atom stereocenters. The van der Waals surface area contributed by atoms with E-state index < -0.39 is 0 Å². The van der Waals surface area contributed by atoms with Crippen molar-refractivity contribution >= 4 is 27.4 Å². The molecule has 21 heavy (non-hydrogen) atoms. The molecule has 1 heterocycles. The molecule has 8 heteroatoms. The van der Waals surface area contributed by atoms with Crippen molar-refractivity contribution in [2.75, 3.05) is 26.6 Å². The Kier molecular flexibility index (Phi) is 4.69. The second-order valence-corrected chi connectivity index (χ2v) is 4.73. The van der Waals surface area contributed by atoms with Crippen LogP contribution >= 0.6 is 15.9 Å². The monoisotopic (exact) mass is 355 g/mol. The Morgan fingerprint density at radius 1 is 1.14 bits per heavy atom. The van der Waals surface area contributed by atoms with Crippen LogP contribution in [0.4, 0.5) is 11.5 Å². The van der Waals surface area contributed by atoms with Gasteiger partial charge in [-0.2, -0.15) is 0 Å². The first-order chi connectivity index (χ1) is 10.1. The number of benzene rings is 1. The second kappa shape index (κ2) is 6.49. The Labute approximate surface area is 129 Å². The van der Waals surface area contributed by atoms with Gasteiger partial charge in [-0.05, 0) is 15.9 Å². The van der Waals surface area contributed by atoms with Crippen LogP contribution in [0, 0.1) is 0 Å². The summed E-state index contributed by atoms with van der Waals surface area (Å²) in [4.78, 5) is 18.1. The third kappa shape index (κ3) is 3.10. The normalized spacial score (nSPS) is 10.1. The number of anilines is 2. The van der Waals surface area contributed by atoms with Gasteiger partial charge in [0.1, 0.15) is 4.47 Å². The molecule has 112 valence electrons. The Balaban J connectivity index is 2.45. The number of halogens is 1. The molecule has 2 aromatic rings. The summed E-state index contributed by atoms with van der Waals surface area (Å²) in [7, 11) is 4.59. The van der Waals surface area contributed by atoms with Crippen LogP contribution in [0.1, 0.15) is 0 Å². The van der Waals surface area contributed by atoms with E-state index >= 15 is 0 Å². The van der Waals surface area contributed by atoms with E-state index in [1.54, 1.807) is 12.1 Å². The Morgan fingerprint density at radius 3 is 2.29 bits per heavy atom. The molecule has 0 atom stereocenters. The number of hydrogen-bond donors (Lipinski definition) is 2. The molecule has 0 aliphatic heterocycles. The standard InChI is InChI=1S/C13H14BrN3O4/c1-19-8-4-7(5-9(20-2)11(8)21-3)17-12-10(14)13(18)16-6-15-12/h4-6H,1-3H3,(H2,15,16,17,18). The van der Waals surface area contributed by atoms with E-state index in [2.05, 4.69) is 31.2 Å². The van der Waals surface area contributed by atoms with Crippen molar-refractivity contribution in [2.45, 2.75) is 0 Å². The van der Waals surface area contributed by atoms with Gasteiger partial charge in [0.25, 0.3) is 5.56 Å². The first kappa shape index (κ1) is 15.2. The van der Waals surface area contributed by atoms with Crippen molar-refractivity contribution in [3.05, 3.63) is 33.3 Å². The molecule has 0 spiro atoms. The molecule has 0 saturated heterocycles. The van der Waals surface area contributed by atoms with E-state index in [4.69, 9.17) is 14.2 Å². The van der Waals surface area contributed by atoms with E-state index in [9.17, 15) is 4.79 Å². The minimum Gasteiger partial charge on any atom is -0.493 e. The number of methoxy groups -OCH3 is 3. The van der Waals surface area contributed by atoms with Crippen molar-refractivity contribution in [1.82, 2.24) is 9.97 Å². The average molecular weight is 356 g/mol. The molecule has 2 rings (SSSR count). The Morgan fingerprint density at radius 2 is 1.76 bits per heavy atom. The van der Waals surface area contributed by atoms with Crippen LogP contribution in [0.25, 0.3) is 0 Å². The number of nitrogens with zero attached hydrogens (tertiary/aromatic N) is 1. The van der Waals surface area contributed by atoms with Crippen LogP contribution in [0.2, 0.25) is 0 Å². The molecule has 1 aromatic heterocycles. The minimum atomic E-state index is -0.278. The van der Waals surface area contributed by atoms with Gasteiger partial charge in [0, 0.05) is 17.8 Å². The summed E-state index contributed by atoms with van der Waals surface area (Å²) in [6.45, 7) is 0. The van der Waals surface area contributed by atoms with Crippen LogP contribution in [-0.4, -0.2) is 31.3 Å². The molecular formula is C13H14BrN3O4. The maximum absolute atomic E-state index is 11.5. The molecular weight excluding hydrogens is 342 g/mol. The van der Waals surface area contributed by atoms with E-state index in [1.165, 1.54) is 27.7 Å². The first-order valence-corrected chi connectivity index (χ1v) is 6.70. The van der Waals surface area contributed by atoms with E-state index in [0.29, 0.717) is 33.2 Å². The summed E-state index contributed by atoms with van der Waals surface area (Å²) in [6, 6.07) is 3.44. The quantitative estimate of drug-likeness (QED) is 0.855. The zero-order chi connectivity index (χ0) is 15.4. The van der Waals surface area contributed by atoms with Crippen molar-refractivity contribution in [2.24, 2.45) is 0 Å². The Bertz CT molecular complexity index is 677. The minimum absolute atomic E-state index is 0.278. The number of rotatable bonds is 5. The highest BCUT2D eigenvalue weighted by Gasteiger charge is 2.14. The maximum atomic E-state index is 11.5.